The maximum Gasteiger partial charge on any atom is 0.326 e. The Morgan fingerprint density at radius 3 is 2.49 bits per heavy atom. The number of carbonyl (C=O) groups is 4. The molecular formula is C27H25N5O6S. The number of nitrogens with one attached hydrogen (secondary N) is 3. The van der Waals surface area contributed by atoms with Crippen molar-refractivity contribution in [1.82, 2.24) is 25.2 Å². The van der Waals surface area contributed by atoms with E-state index in [-0.39, 0.29) is 24.9 Å². The number of aryl methyl sites for hydroxylation is 3. The molecule has 4 heterocycles. The Hall–Kier alpha value is -4.58. The zero-order valence-corrected chi connectivity index (χ0v) is 21.8. The minimum absolute atomic E-state index is 0.0509. The number of hydrogen-bond acceptors (Lipinski definition) is 7. The second-order valence-electron chi connectivity index (χ2n) is 9.27. The summed E-state index contributed by atoms with van der Waals surface area (Å²) in [5.74, 6) is -1.99. The maximum absolute atomic E-state index is 12.8. The van der Waals surface area contributed by atoms with Gasteiger partial charge in [0, 0.05) is 17.6 Å². The van der Waals surface area contributed by atoms with Crippen LogP contribution in [-0.4, -0.2) is 61.2 Å². The summed E-state index contributed by atoms with van der Waals surface area (Å²) in [5.41, 5.74) is 1.81. The van der Waals surface area contributed by atoms with Crippen LogP contribution in [0.1, 0.15) is 59.5 Å². The van der Waals surface area contributed by atoms with E-state index in [0.717, 1.165) is 15.3 Å². The monoisotopic (exact) mass is 547 g/mol. The Morgan fingerprint density at radius 1 is 1.08 bits per heavy atom. The van der Waals surface area contributed by atoms with Crippen molar-refractivity contribution in [3.63, 3.8) is 0 Å². The zero-order valence-electron chi connectivity index (χ0n) is 20.9. The molecule has 0 bridgehead atoms. The molecule has 39 heavy (non-hydrogen) atoms. The summed E-state index contributed by atoms with van der Waals surface area (Å²) >= 11 is 1.25. The van der Waals surface area contributed by atoms with Gasteiger partial charge in [0.25, 0.3) is 23.3 Å². The van der Waals surface area contributed by atoms with Gasteiger partial charge in [-0.2, -0.15) is 0 Å². The number of benzene rings is 1. The molecule has 3 aromatic heterocycles. The largest absolute Gasteiger partial charge is 0.480 e. The number of hydrogen-bond donors (Lipinski definition) is 4. The van der Waals surface area contributed by atoms with Gasteiger partial charge in [-0.1, -0.05) is 12.1 Å². The molecular weight excluding hydrogens is 522 g/mol. The molecule has 0 radical (unpaired) electrons. The van der Waals surface area contributed by atoms with Gasteiger partial charge in [0.1, 0.15) is 17.5 Å². The molecule has 0 saturated carbocycles. The van der Waals surface area contributed by atoms with E-state index in [2.05, 4.69) is 20.3 Å². The number of aliphatic carboxylic acids is 1. The number of aromatic nitrogens is 3. The summed E-state index contributed by atoms with van der Waals surface area (Å²) < 4.78 is 0. The molecule has 12 heteroatoms. The number of carboxylic acids is 1. The number of imide groups is 1. The van der Waals surface area contributed by atoms with Crippen LogP contribution < -0.4 is 10.9 Å². The Bertz CT molecular complexity index is 1630. The Kier molecular flexibility index (Phi) is 7.11. The molecule has 1 unspecified atom stereocenters. The fourth-order valence-corrected chi connectivity index (χ4v) is 5.60. The van der Waals surface area contributed by atoms with Crippen LogP contribution in [-0.2, 0) is 17.6 Å². The van der Waals surface area contributed by atoms with Crippen molar-refractivity contribution in [2.75, 3.05) is 6.54 Å². The summed E-state index contributed by atoms with van der Waals surface area (Å²) in [6.45, 7) is 1.77. The van der Waals surface area contributed by atoms with E-state index in [9.17, 15) is 29.1 Å². The predicted octanol–water partition coefficient (Wildman–Crippen LogP) is 2.67. The first kappa shape index (κ1) is 26.0. The quantitative estimate of drug-likeness (QED) is 0.222. The first-order chi connectivity index (χ1) is 18.7. The number of amides is 3. The van der Waals surface area contributed by atoms with Crippen LogP contribution >= 0.6 is 11.3 Å². The predicted molar refractivity (Wildman–Crippen MR) is 143 cm³/mol. The smallest absolute Gasteiger partial charge is 0.326 e. The third kappa shape index (κ3) is 5.23. The van der Waals surface area contributed by atoms with Gasteiger partial charge in [-0.25, -0.2) is 9.78 Å². The number of carbonyl (C=O) groups excluding carboxylic acids is 3. The molecule has 200 valence electrons. The molecule has 11 nitrogen and oxygen atoms in total. The van der Waals surface area contributed by atoms with Crippen molar-refractivity contribution >= 4 is 46.1 Å². The van der Waals surface area contributed by atoms with Crippen LogP contribution in [0.5, 0.6) is 0 Å². The third-order valence-electron chi connectivity index (χ3n) is 6.62. The average molecular weight is 548 g/mol. The molecule has 0 fully saturated rings. The first-order valence-electron chi connectivity index (χ1n) is 12.4. The number of aromatic amines is 2. The van der Waals surface area contributed by atoms with Crippen molar-refractivity contribution < 1.29 is 24.3 Å². The molecule has 4 aromatic rings. The third-order valence-corrected chi connectivity index (χ3v) is 7.77. The van der Waals surface area contributed by atoms with Gasteiger partial charge in [-0.15, -0.1) is 11.3 Å². The maximum atomic E-state index is 12.8. The molecule has 0 spiro atoms. The second-order valence-corrected chi connectivity index (χ2v) is 10.4. The van der Waals surface area contributed by atoms with Crippen LogP contribution in [0.4, 0.5) is 0 Å². The van der Waals surface area contributed by atoms with Crippen LogP contribution in [0, 0.1) is 6.92 Å². The molecule has 1 aromatic carbocycles. The van der Waals surface area contributed by atoms with Crippen molar-refractivity contribution in [3.05, 3.63) is 85.2 Å². The first-order valence-corrected chi connectivity index (χ1v) is 13.2. The van der Waals surface area contributed by atoms with E-state index >= 15 is 0 Å². The highest BCUT2D eigenvalue weighted by Gasteiger charge is 2.35. The van der Waals surface area contributed by atoms with E-state index in [1.54, 1.807) is 49.5 Å². The minimum atomic E-state index is -1.20. The highest BCUT2D eigenvalue weighted by molar-refractivity contribution is 7.14. The Balaban J connectivity index is 1.16. The van der Waals surface area contributed by atoms with Gasteiger partial charge in [0.05, 0.1) is 21.4 Å². The number of H-pyrrole nitrogens is 2. The standard InChI is InChI=1S/C27H25N5O6S/c1-14-29-22-21(24(34)30-14)15(13-28-22)8-9-16-10-11-20(39-16)23(33)31-19(27(37)38)7-4-12-32-25(35)17-5-2-3-6-18(17)26(32)36/h2-3,5-6,10-11,13,19H,4,7-9,12H2,1H3,(H,31,33)(H,37,38)(H2,28,29,30,34). The van der Waals surface area contributed by atoms with Crippen molar-refractivity contribution in [1.29, 1.82) is 0 Å². The lowest BCUT2D eigenvalue weighted by molar-refractivity contribution is -0.139. The van der Waals surface area contributed by atoms with Gasteiger partial charge >= 0.3 is 5.97 Å². The topological polar surface area (TPSA) is 165 Å². The lowest BCUT2D eigenvalue weighted by Crippen LogP contribution is -2.41. The lowest BCUT2D eigenvalue weighted by Gasteiger charge is -2.17. The van der Waals surface area contributed by atoms with E-state index in [4.69, 9.17) is 0 Å². The van der Waals surface area contributed by atoms with Gasteiger partial charge in [0.2, 0.25) is 0 Å². The highest BCUT2D eigenvalue weighted by Crippen LogP contribution is 2.23. The van der Waals surface area contributed by atoms with Crippen molar-refractivity contribution in [2.24, 2.45) is 0 Å². The Labute approximate surface area is 225 Å². The number of nitrogens with zero attached hydrogens (tertiary/aromatic N) is 2. The lowest BCUT2D eigenvalue weighted by atomic mass is 10.1. The summed E-state index contributed by atoms with van der Waals surface area (Å²) in [6, 6.07) is 8.81. The van der Waals surface area contributed by atoms with Crippen LogP contribution in [0.3, 0.4) is 0 Å². The van der Waals surface area contributed by atoms with E-state index < -0.39 is 29.7 Å². The highest BCUT2D eigenvalue weighted by atomic mass is 32.1. The zero-order chi connectivity index (χ0) is 27.7. The van der Waals surface area contributed by atoms with Crippen LogP contribution in [0.25, 0.3) is 11.0 Å². The van der Waals surface area contributed by atoms with E-state index in [0.29, 0.717) is 45.7 Å². The number of fused-ring (bicyclic) bond motifs is 2. The van der Waals surface area contributed by atoms with Crippen molar-refractivity contribution in [2.45, 2.75) is 38.6 Å². The molecule has 1 aliphatic heterocycles. The fourth-order valence-electron chi connectivity index (χ4n) is 4.69. The van der Waals surface area contributed by atoms with E-state index in [1.165, 1.54) is 11.3 Å². The number of rotatable bonds is 10. The second kappa shape index (κ2) is 10.7. The normalized spacial score (nSPS) is 13.6. The number of carboxylic acid groups (broad SMARTS) is 1. The average Bonchev–Trinajstić information content (AvgIpc) is 3.60. The molecule has 4 N–H and O–H groups in total. The summed E-state index contributed by atoms with van der Waals surface area (Å²) in [6.07, 6.45) is 3.17. The SMILES string of the molecule is Cc1nc2[nH]cc(CCc3ccc(C(=O)NC(CCCN4C(=O)c5ccccc5C4=O)C(=O)O)s3)c2c(=O)[nH]1. The molecule has 5 rings (SSSR count). The molecule has 3 amide bonds. The summed E-state index contributed by atoms with van der Waals surface area (Å²) in [4.78, 5) is 74.3. The Morgan fingerprint density at radius 2 is 1.79 bits per heavy atom. The number of thiophene rings is 1. The summed E-state index contributed by atoms with van der Waals surface area (Å²) in [7, 11) is 0. The summed E-state index contributed by atoms with van der Waals surface area (Å²) in [5, 5.41) is 12.7. The van der Waals surface area contributed by atoms with Crippen LogP contribution in [0.15, 0.2) is 47.4 Å². The molecule has 1 atom stereocenters. The minimum Gasteiger partial charge on any atom is -0.480 e. The van der Waals surface area contributed by atoms with Gasteiger partial charge in [-0.3, -0.25) is 24.1 Å². The van der Waals surface area contributed by atoms with Gasteiger partial charge in [-0.05, 0) is 62.4 Å². The molecule has 1 aliphatic rings. The van der Waals surface area contributed by atoms with Crippen LogP contribution in [0.2, 0.25) is 0 Å². The van der Waals surface area contributed by atoms with Gasteiger partial charge in [0.15, 0.2) is 0 Å². The molecule has 0 aliphatic carbocycles. The van der Waals surface area contributed by atoms with E-state index in [1.807, 2.05) is 0 Å². The molecule has 0 saturated heterocycles. The fraction of sp³-hybridized carbons (Fsp3) is 0.259. The van der Waals surface area contributed by atoms with Gasteiger partial charge < -0.3 is 20.4 Å². The van der Waals surface area contributed by atoms with Crippen molar-refractivity contribution in [3.8, 4) is 0 Å².